The van der Waals surface area contributed by atoms with Crippen molar-refractivity contribution in [1.29, 1.82) is 0 Å². The zero-order chi connectivity index (χ0) is 20.6. The summed E-state index contributed by atoms with van der Waals surface area (Å²) in [7, 11) is 0. The molecule has 1 saturated heterocycles. The highest BCUT2D eigenvalue weighted by Gasteiger charge is 2.22. The van der Waals surface area contributed by atoms with Gasteiger partial charge in [0.2, 0.25) is 0 Å². The maximum Gasteiger partial charge on any atom is 0.276 e. The van der Waals surface area contributed by atoms with Crippen molar-refractivity contribution in [3.8, 4) is 0 Å². The summed E-state index contributed by atoms with van der Waals surface area (Å²) in [5.41, 5.74) is 2.97. The predicted octanol–water partition coefficient (Wildman–Crippen LogP) is 3.11. The summed E-state index contributed by atoms with van der Waals surface area (Å²) in [6.07, 6.45) is 5.00. The van der Waals surface area contributed by atoms with Crippen molar-refractivity contribution in [2.45, 2.75) is 25.8 Å². The molecule has 30 heavy (non-hydrogen) atoms. The molecular weight excluding hydrogens is 374 g/mol. The first-order valence-corrected chi connectivity index (χ1v) is 10.8. The SMILES string of the molecule is O=C(c1cn(Cc2ccccc2)nn1)N1CCCN(CCCc2ccccc2)CC1. The van der Waals surface area contributed by atoms with Crippen molar-refractivity contribution in [3.05, 3.63) is 83.7 Å². The fourth-order valence-corrected chi connectivity index (χ4v) is 3.96. The number of aromatic nitrogens is 3. The molecule has 1 aliphatic heterocycles. The Bertz CT molecular complexity index is 925. The average Bonchev–Trinajstić information content (AvgIpc) is 3.12. The van der Waals surface area contributed by atoms with E-state index in [9.17, 15) is 4.79 Å². The van der Waals surface area contributed by atoms with E-state index in [4.69, 9.17) is 0 Å². The van der Waals surface area contributed by atoms with E-state index in [1.54, 1.807) is 10.9 Å². The van der Waals surface area contributed by atoms with E-state index in [1.165, 1.54) is 5.56 Å². The van der Waals surface area contributed by atoms with E-state index >= 15 is 0 Å². The molecule has 0 N–H and O–H groups in total. The first kappa shape index (κ1) is 20.3. The minimum atomic E-state index is -0.0135. The van der Waals surface area contributed by atoms with Crippen molar-refractivity contribution in [1.82, 2.24) is 24.8 Å². The van der Waals surface area contributed by atoms with Gasteiger partial charge >= 0.3 is 0 Å². The second kappa shape index (κ2) is 10.2. The number of nitrogens with zero attached hydrogens (tertiary/aromatic N) is 5. The van der Waals surface area contributed by atoms with Crippen LogP contribution in [-0.2, 0) is 13.0 Å². The van der Waals surface area contributed by atoms with Crippen LogP contribution in [0.4, 0.5) is 0 Å². The number of hydrogen-bond donors (Lipinski definition) is 0. The Hall–Kier alpha value is -2.99. The van der Waals surface area contributed by atoms with Gasteiger partial charge in [-0.15, -0.1) is 5.10 Å². The van der Waals surface area contributed by atoms with Crippen molar-refractivity contribution >= 4 is 5.91 Å². The lowest BCUT2D eigenvalue weighted by Crippen LogP contribution is -2.35. The van der Waals surface area contributed by atoms with Crippen LogP contribution < -0.4 is 0 Å². The van der Waals surface area contributed by atoms with Gasteiger partial charge in [0, 0.05) is 19.6 Å². The Morgan fingerprint density at radius 3 is 2.37 bits per heavy atom. The van der Waals surface area contributed by atoms with E-state index in [0.29, 0.717) is 12.2 Å². The highest BCUT2D eigenvalue weighted by molar-refractivity contribution is 5.91. The third-order valence-electron chi connectivity index (χ3n) is 5.60. The molecule has 6 heteroatoms. The van der Waals surface area contributed by atoms with Crippen LogP contribution in [0.1, 0.15) is 34.5 Å². The molecule has 4 rings (SSSR count). The van der Waals surface area contributed by atoms with Crippen LogP contribution in [0.25, 0.3) is 0 Å². The van der Waals surface area contributed by atoms with Gasteiger partial charge in [-0.25, -0.2) is 4.68 Å². The molecule has 3 aromatic rings. The average molecular weight is 404 g/mol. The van der Waals surface area contributed by atoms with Crippen LogP contribution in [0.2, 0.25) is 0 Å². The first-order chi connectivity index (χ1) is 14.8. The van der Waals surface area contributed by atoms with Gasteiger partial charge in [-0.3, -0.25) is 4.79 Å². The third-order valence-corrected chi connectivity index (χ3v) is 5.60. The number of rotatable bonds is 7. The second-order valence-corrected chi connectivity index (χ2v) is 7.86. The molecule has 0 spiro atoms. The number of hydrogen-bond acceptors (Lipinski definition) is 4. The van der Waals surface area contributed by atoms with E-state index in [2.05, 4.69) is 45.5 Å². The first-order valence-electron chi connectivity index (χ1n) is 10.8. The van der Waals surface area contributed by atoms with Crippen LogP contribution in [-0.4, -0.2) is 63.4 Å². The monoisotopic (exact) mass is 403 g/mol. The summed E-state index contributed by atoms with van der Waals surface area (Å²) in [6.45, 7) is 5.17. The maximum absolute atomic E-state index is 12.9. The summed E-state index contributed by atoms with van der Waals surface area (Å²) in [4.78, 5) is 17.3. The number of amides is 1. The molecule has 2 aromatic carbocycles. The zero-order valence-corrected chi connectivity index (χ0v) is 17.4. The zero-order valence-electron chi connectivity index (χ0n) is 17.4. The molecule has 1 amide bonds. The van der Waals surface area contributed by atoms with Crippen LogP contribution >= 0.6 is 0 Å². The van der Waals surface area contributed by atoms with Gasteiger partial charge in [-0.1, -0.05) is 65.9 Å². The Morgan fingerprint density at radius 1 is 0.867 bits per heavy atom. The molecule has 0 radical (unpaired) electrons. The minimum Gasteiger partial charge on any atom is -0.336 e. The van der Waals surface area contributed by atoms with E-state index < -0.39 is 0 Å². The van der Waals surface area contributed by atoms with Crippen LogP contribution in [0.5, 0.6) is 0 Å². The molecule has 1 aliphatic rings. The maximum atomic E-state index is 12.9. The number of carbonyl (C=O) groups excluding carboxylic acids is 1. The normalized spacial score (nSPS) is 15.1. The predicted molar refractivity (Wildman–Crippen MR) is 117 cm³/mol. The number of carbonyl (C=O) groups is 1. The van der Waals surface area contributed by atoms with Gasteiger partial charge in [0.15, 0.2) is 5.69 Å². The molecule has 1 fully saturated rings. The molecule has 0 saturated carbocycles. The topological polar surface area (TPSA) is 54.3 Å². The summed E-state index contributed by atoms with van der Waals surface area (Å²) < 4.78 is 1.73. The quantitative estimate of drug-likeness (QED) is 0.608. The molecule has 2 heterocycles. The summed E-state index contributed by atoms with van der Waals surface area (Å²) in [5, 5.41) is 8.27. The van der Waals surface area contributed by atoms with Crippen LogP contribution in [0.15, 0.2) is 66.9 Å². The van der Waals surface area contributed by atoms with E-state index in [-0.39, 0.29) is 5.91 Å². The van der Waals surface area contributed by atoms with Crippen LogP contribution in [0, 0.1) is 0 Å². The fourth-order valence-electron chi connectivity index (χ4n) is 3.96. The lowest BCUT2D eigenvalue weighted by atomic mass is 10.1. The Labute approximate surface area is 178 Å². The minimum absolute atomic E-state index is 0.0135. The van der Waals surface area contributed by atoms with Gasteiger partial charge in [0.05, 0.1) is 12.7 Å². The molecule has 0 unspecified atom stereocenters. The van der Waals surface area contributed by atoms with E-state index in [1.807, 2.05) is 35.2 Å². The lowest BCUT2D eigenvalue weighted by Gasteiger charge is -2.21. The fraction of sp³-hybridized carbons (Fsp3) is 0.375. The number of benzene rings is 2. The van der Waals surface area contributed by atoms with Crippen molar-refractivity contribution in [2.75, 3.05) is 32.7 Å². The van der Waals surface area contributed by atoms with Gasteiger partial charge in [-0.05, 0) is 43.5 Å². The van der Waals surface area contributed by atoms with Gasteiger partial charge < -0.3 is 9.80 Å². The second-order valence-electron chi connectivity index (χ2n) is 7.86. The molecule has 1 aromatic heterocycles. The number of aryl methyl sites for hydroxylation is 1. The van der Waals surface area contributed by atoms with Crippen LogP contribution in [0.3, 0.4) is 0 Å². The lowest BCUT2D eigenvalue weighted by molar-refractivity contribution is 0.0755. The van der Waals surface area contributed by atoms with Gasteiger partial charge in [-0.2, -0.15) is 0 Å². The highest BCUT2D eigenvalue weighted by atomic mass is 16.2. The van der Waals surface area contributed by atoms with Gasteiger partial charge in [0.25, 0.3) is 5.91 Å². The van der Waals surface area contributed by atoms with Crippen molar-refractivity contribution in [3.63, 3.8) is 0 Å². The Kier molecular flexibility index (Phi) is 6.87. The molecule has 0 atom stereocenters. The van der Waals surface area contributed by atoms with Crippen molar-refractivity contribution < 1.29 is 4.79 Å². The summed E-state index contributed by atoms with van der Waals surface area (Å²) in [5.74, 6) is -0.0135. The highest BCUT2D eigenvalue weighted by Crippen LogP contribution is 2.10. The smallest absolute Gasteiger partial charge is 0.276 e. The van der Waals surface area contributed by atoms with Gasteiger partial charge in [0.1, 0.15) is 0 Å². The molecule has 0 aliphatic carbocycles. The largest absolute Gasteiger partial charge is 0.336 e. The van der Waals surface area contributed by atoms with E-state index in [0.717, 1.165) is 57.5 Å². The third kappa shape index (κ3) is 5.54. The Morgan fingerprint density at radius 2 is 1.60 bits per heavy atom. The summed E-state index contributed by atoms with van der Waals surface area (Å²) >= 11 is 0. The standard InChI is InChI=1S/C24H29N5O/c30-24(23-20-29(26-25-23)19-22-11-5-2-6-12-22)28-16-8-15-27(17-18-28)14-7-13-21-9-3-1-4-10-21/h1-6,9-12,20H,7-8,13-19H2. The molecule has 6 nitrogen and oxygen atoms in total. The Balaban J connectivity index is 1.26. The molecule has 0 bridgehead atoms. The van der Waals surface area contributed by atoms with Crippen molar-refractivity contribution in [2.24, 2.45) is 0 Å². The molecular formula is C24H29N5O. The summed E-state index contributed by atoms with van der Waals surface area (Å²) in [6, 6.07) is 20.7. The molecule has 156 valence electrons.